The van der Waals surface area contributed by atoms with E-state index in [-0.39, 0.29) is 5.91 Å². The van der Waals surface area contributed by atoms with Crippen LogP contribution in [0, 0.1) is 0 Å². The summed E-state index contributed by atoms with van der Waals surface area (Å²) in [5.74, 6) is 0.708. The highest BCUT2D eigenvalue weighted by Crippen LogP contribution is 2.40. The van der Waals surface area contributed by atoms with E-state index in [0.29, 0.717) is 45.2 Å². The fourth-order valence-corrected chi connectivity index (χ4v) is 3.70. The van der Waals surface area contributed by atoms with Gasteiger partial charge < -0.3 is 25.4 Å². The molecule has 0 saturated heterocycles. The summed E-state index contributed by atoms with van der Waals surface area (Å²) in [7, 11) is 1.54. The highest BCUT2D eigenvalue weighted by Gasteiger charge is 2.31. The molecule has 0 unspecified atom stereocenters. The van der Waals surface area contributed by atoms with Gasteiger partial charge in [-0.15, -0.1) is 0 Å². The van der Waals surface area contributed by atoms with Crippen LogP contribution in [0.25, 0.3) is 0 Å². The van der Waals surface area contributed by atoms with Gasteiger partial charge in [0.15, 0.2) is 16.6 Å². The molecule has 1 aliphatic rings. The highest BCUT2D eigenvalue weighted by molar-refractivity contribution is 7.80. The normalized spacial score (nSPS) is 16.0. The van der Waals surface area contributed by atoms with Crippen LogP contribution < -0.4 is 25.4 Å². The number of hydrogen-bond donors (Lipinski definition) is 3. The van der Waals surface area contributed by atoms with Crippen LogP contribution in [-0.4, -0.2) is 24.7 Å². The van der Waals surface area contributed by atoms with Crippen LogP contribution >= 0.6 is 23.8 Å². The summed E-state index contributed by atoms with van der Waals surface area (Å²) in [5, 5.41) is 9.92. The molecule has 0 bridgehead atoms. The van der Waals surface area contributed by atoms with Crippen molar-refractivity contribution in [2.45, 2.75) is 19.9 Å². The van der Waals surface area contributed by atoms with Crippen molar-refractivity contribution < 1.29 is 14.3 Å². The van der Waals surface area contributed by atoms with Crippen LogP contribution in [0.3, 0.4) is 0 Å². The predicted octanol–water partition coefficient (Wildman–Crippen LogP) is 4.18. The average Bonchev–Trinajstić information content (AvgIpc) is 2.69. The molecule has 0 aliphatic carbocycles. The first-order chi connectivity index (χ1) is 13.9. The first-order valence-electron chi connectivity index (χ1n) is 9.09. The van der Waals surface area contributed by atoms with Crippen molar-refractivity contribution in [1.82, 2.24) is 10.6 Å². The maximum Gasteiger partial charge on any atom is 0.255 e. The zero-order valence-electron chi connectivity index (χ0n) is 16.3. The Kier molecular flexibility index (Phi) is 6.61. The molecule has 6 nitrogen and oxygen atoms in total. The van der Waals surface area contributed by atoms with Crippen molar-refractivity contribution in [3.63, 3.8) is 0 Å². The Balaban J connectivity index is 2.01. The average molecular weight is 432 g/mol. The summed E-state index contributed by atoms with van der Waals surface area (Å²) in [6.07, 6.45) is 0. The van der Waals surface area contributed by atoms with E-state index in [1.807, 2.05) is 44.2 Å². The van der Waals surface area contributed by atoms with Crippen molar-refractivity contribution in [1.29, 1.82) is 0 Å². The number of carbonyl (C=O) groups excluding carboxylic acids is 1. The number of allylic oxidation sites excluding steroid dienone is 1. The number of benzene rings is 2. The number of amides is 1. The largest absolute Gasteiger partial charge is 0.493 e. The Labute approximate surface area is 180 Å². The first-order valence-corrected chi connectivity index (χ1v) is 9.88. The molecule has 8 heteroatoms. The van der Waals surface area contributed by atoms with Gasteiger partial charge in [-0.1, -0.05) is 29.8 Å². The number of thiocarbonyl (C=S) groups is 1. The number of hydrogen-bond acceptors (Lipinski definition) is 4. The SMILES string of the molecule is CCOc1c(Cl)cc([C@H]2NC(=S)NC(C)=C2C(=O)Nc2ccccc2)cc1OC. The monoisotopic (exact) mass is 431 g/mol. The van der Waals surface area contributed by atoms with E-state index in [4.69, 9.17) is 33.3 Å². The third kappa shape index (κ3) is 4.63. The minimum Gasteiger partial charge on any atom is -0.493 e. The second kappa shape index (κ2) is 9.15. The maximum absolute atomic E-state index is 13.1. The Hall–Kier alpha value is -2.77. The third-order valence-corrected chi connectivity index (χ3v) is 4.92. The Bertz CT molecular complexity index is 963. The van der Waals surface area contributed by atoms with E-state index in [9.17, 15) is 4.79 Å². The minimum atomic E-state index is -0.505. The highest BCUT2D eigenvalue weighted by atomic mass is 35.5. The van der Waals surface area contributed by atoms with Crippen molar-refractivity contribution >= 4 is 40.5 Å². The van der Waals surface area contributed by atoms with Crippen LogP contribution in [-0.2, 0) is 4.79 Å². The summed E-state index contributed by atoms with van der Waals surface area (Å²) in [6.45, 7) is 4.14. The summed E-state index contributed by atoms with van der Waals surface area (Å²) >= 11 is 11.8. The van der Waals surface area contributed by atoms with E-state index in [0.717, 1.165) is 5.56 Å². The Morgan fingerprint density at radius 2 is 2.00 bits per heavy atom. The lowest BCUT2D eigenvalue weighted by molar-refractivity contribution is -0.113. The van der Waals surface area contributed by atoms with Crippen molar-refractivity contribution in [2.24, 2.45) is 0 Å². The van der Waals surface area contributed by atoms with E-state index < -0.39 is 6.04 Å². The minimum absolute atomic E-state index is 0.245. The molecular weight excluding hydrogens is 410 g/mol. The standard InChI is InChI=1S/C21H22ClN3O3S/c1-4-28-19-15(22)10-13(11-16(19)27-3)18-17(12(2)23-21(29)25-18)20(26)24-14-8-6-5-7-9-14/h5-11,18H,4H2,1-3H3,(H,24,26)(H2,23,25,29)/t18-/m1/s1. The molecule has 1 heterocycles. The lowest BCUT2D eigenvalue weighted by Crippen LogP contribution is -2.45. The molecule has 3 N–H and O–H groups in total. The number of halogens is 1. The van der Waals surface area contributed by atoms with Gasteiger partial charge in [0, 0.05) is 11.4 Å². The van der Waals surface area contributed by atoms with Gasteiger partial charge in [0.05, 0.1) is 30.4 Å². The lowest BCUT2D eigenvalue weighted by atomic mass is 9.94. The number of ether oxygens (including phenoxy) is 2. The van der Waals surface area contributed by atoms with E-state index in [1.54, 1.807) is 19.2 Å². The van der Waals surface area contributed by atoms with Crippen molar-refractivity contribution in [3.05, 3.63) is 64.3 Å². The van der Waals surface area contributed by atoms with Gasteiger partial charge in [-0.2, -0.15) is 0 Å². The van der Waals surface area contributed by atoms with Gasteiger partial charge in [-0.25, -0.2) is 0 Å². The quantitative estimate of drug-likeness (QED) is 0.596. The number of anilines is 1. The molecule has 0 spiro atoms. The number of carbonyl (C=O) groups is 1. The topological polar surface area (TPSA) is 71.6 Å². The second-order valence-electron chi connectivity index (χ2n) is 6.36. The van der Waals surface area contributed by atoms with E-state index in [2.05, 4.69) is 16.0 Å². The maximum atomic E-state index is 13.1. The summed E-state index contributed by atoms with van der Waals surface area (Å²) in [6, 6.07) is 12.3. The molecule has 2 aromatic carbocycles. The zero-order chi connectivity index (χ0) is 21.0. The summed E-state index contributed by atoms with van der Waals surface area (Å²) in [5.41, 5.74) is 2.60. The molecule has 1 amide bonds. The fraction of sp³-hybridized carbons (Fsp3) is 0.238. The molecule has 1 aliphatic heterocycles. The molecule has 152 valence electrons. The van der Waals surface area contributed by atoms with Crippen LogP contribution in [0.5, 0.6) is 11.5 Å². The van der Waals surface area contributed by atoms with Gasteiger partial charge >= 0.3 is 0 Å². The Morgan fingerprint density at radius 1 is 1.28 bits per heavy atom. The number of para-hydroxylation sites is 1. The van der Waals surface area contributed by atoms with Gasteiger partial charge in [0.2, 0.25) is 0 Å². The van der Waals surface area contributed by atoms with Crippen LogP contribution in [0.2, 0.25) is 5.02 Å². The van der Waals surface area contributed by atoms with Crippen molar-refractivity contribution in [2.75, 3.05) is 19.0 Å². The molecule has 0 fully saturated rings. The van der Waals surface area contributed by atoms with Crippen LogP contribution in [0.4, 0.5) is 5.69 Å². The van der Waals surface area contributed by atoms with Gasteiger partial charge in [0.1, 0.15) is 0 Å². The zero-order valence-corrected chi connectivity index (χ0v) is 17.9. The Morgan fingerprint density at radius 3 is 2.66 bits per heavy atom. The molecule has 2 aromatic rings. The second-order valence-corrected chi connectivity index (χ2v) is 7.17. The molecule has 0 saturated carbocycles. The molecule has 3 rings (SSSR count). The third-order valence-electron chi connectivity index (χ3n) is 4.42. The van der Waals surface area contributed by atoms with E-state index >= 15 is 0 Å². The molecule has 29 heavy (non-hydrogen) atoms. The molecular formula is C21H22ClN3O3S. The smallest absolute Gasteiger partial charge is 0.255 e. The molecule has 0 aromatic heterocycles. The molecule has 1 atom stereocenters. The van der Waals surface area contributed by atoms with Crippen LogP contribution in [0.1, 0.15) is 25.5 Å². The van der Waals surface area contributed by atoms with Gasteiger partial charge in [-0.3, -0.25) is 4.79 Å². The number of rotatable bonds is 6. The predicted molar refractivity (Wildman–Crippen MR) is 119 cm³/mol. The van der Waals surface area contributed by atoms with E-state index in [1.165, 1.54) is 0 Å². The molecule has 0 radical (unpaired) electrons. The van der Waals surface area contributed by atoms with Gasteiger partial charge in [0.25, 0.3) is 5.91 Å². The first kappa shape index (κ1) is 21.0. The number of methoxy groups -OCH3 is 1. The van der Waals surface area contributed by atoms with Crippen LogP contribution in [0.15, 0.2) is 53.7 Å². The lowest BCUT2D eigenvalue weighted by Gasteiger charge is -2.31. The summed E-state index contributed by atoms with van der Waals surface area (Å²) < 4.78 is 11.0. The van der Waals surface area contributed by atoms with Crippen molar-refractivity contribution in [3.8, 4) is 11.5 Å². The summed E-state index contributed by atoms with van der Waals surface area (Å²) in [4.78, 5) is 13.1. The number of nitrogens with one attached hydrogen (secondary N) is 3. The fourth-order valence-electron chi connectivity index (χ4n) is 3.16. The van der Waals surface area contributed by atoms with Gasteiger partial charge in [-0.05, 0) is 55.9 Å².